The first-order chi connectivity index (χ1) is 54.3. The number of likely N-dealkylation sites (tertiary alicyclic amines) is 2. The van der Waals surface area contributed by atoms with Gasteiger partial charge in [0, 0.05) is 45.2 Å². The SMILES string of the molecule is CC(C)CC(NC(=O)C(CCC(N)=O)NC(=O)C(N)CC(N)=O)C(=O)NCC(=O)NC(CCC(=O)O)C(=O)NC(C)C(=O)NC(CCC(=O)O)C(=O)NC(CC(=O)O)C(=O)NCC(=O)NCC(=O)N1CCCC1C(=O)N1CCCC1C(=O)NC(CCC(=O)O)C(=O)NC(CC(C)C)C(=O)NCC(=O)NC(Cc1ccc(O)cc1)C(=O)O. The van der Waals surface area contributed by atoms with Crippen LogP contribution < -0.4 is 86.3 Å². The number of amides is 17. The average molecular weight is 1650 g/mol. The number of nitrogens with zero attached hydrogens (tertiary/aromatic N) is 2. The lowest BCUT2D eigenvalue weighted by Crippen LogP contribution is -2.58. The van der Waals surface area contributed by atoms with Gasteiger partial charge in [-0.25, -0.2) is 4.79 Å². The second kappa shape index (κ2) is 48.4. The zero-order chi connectivity index (χ0) is 87.4. The van der Waals surface area contributed by atoms with Gasteiger partial charge in [0.15, 0.2) is 0 Å². The number of carboxylic acids is 5. The van der Waals surface area contributed by atoms with Crippen molar-refractivity contribution in [2.75, 3.05) is 39.3 Å². The Hall–Kier alpha value is -12.7. The minimum absolute atomic E-state index is 0.0149. The number of aromatic hydroxyl groups is 1. The molecule has 17 amide bonds. The molecule has 0 bridgehead atoms. The van der Waals surface area contributed by atoms with Gasteiger partial charge in [-0.1, -0.05) is 39.8 Å². The minimum atomic E-state index is -2.06. The lowest BCUT2D eigenvalue weighted by Gasteiger charge is -2.32. The summed E-state index contributed by atoms with van der Waals surface area (Å²) in [6, 6.07) is -13.3. The van der Waals surface area contributed by atoms with Crippen molar-refractivity contribution < 1.29 is 136 Å². The number of benzene rings is 1. The van der Waals surface area contributed by atoms with E-state index in [0.717, 1.165) is 11.8 Å². The number of hydrogen-bond donors (Lipinski definition) is 22. The fourth-order valence-corrected chi connectivity index (χ4v) is 11.9. The third-order valence-electron chi connectivity index (χ3n) is 17.8. The highest BCUT2D eigenvalue weighted by Crippen LogP contribution is 2.26. The van der Waals surface area contributed by atoms with Gasteiger partial charge in [-0.05, 0) is 101 Å². The van der Waals surface area contributed by atoms with Gasteiger partial charge in [-0.2, -0.15) is 0 Å². The maximum atomic E-state index is 14.3. The highest BCUT2D eigenvalue weighted by molar-refractivity contribution is 6.01. The van der Waals surface area contributed by atoms with Gasteiger partial charge in [0.1, 0.15) is 72.2 Å². The lowest BCUT2D eigenvalue weighted by atomic mass is 10.0. The third kappa shape index (κ3) is 35.6. The van der Waals surface area contributed by atoms with E-state index >= 15 is 0 Å². The van der Waals surface area contributed by atoms with Gasteiger partial charge in [-0.15, -0.1) is 0 Å². The molecule has 3 rings (SSSR count). The van der Waals surface area contributed by atoms with Crippen molar-refractivity contribution in [1.29, 1.82) is 0 Å². The van der Waals surface area contributed by atoms with E-state index in [1.54, 1.807) is 27.7 Å². The van der Waals surface area contributed by atoms with E-state index in [-0.39, 0.29) is 82.0 Å². The van der Waals surface area contributed by atoms with Crippen LogP contribution in [0.5, 0.6) is 5.75 Å². The molecular formula is C70H104N18O28. The molecule has 642 valence electrons. The molecule has 12 unspecified atom stereocenters. The number of hydrogen-bond acceptors (Lipinski definition) is 24. The highest BCUT2D eigenvalue weighted by Gasteiger charge is 2.44. The highest BCUT2D eigenvalue weighted by atomic mass is 16.4. The number of phenolic OH excluding ortho intramolecular Hbond substituents is 1. The molecule has 1 aromatic carbocycles. The zero-order valence-electron chi connectivity index (χ0n) is 64.4. The Labute approximate surface area is 663 Å². The van der Waals surface area contributed by atoms with E-state index in [9.17, 15) is 136 Å². The Bertz CT molecular complexity index is 3780. The van der Waals surface area contributed by atoms with Crippen LogP contribution >= 0.6 is 0 Å². The first kappa shape index (κ1) is 97.5. The monoisotopic (exact) mass is 1640 g/mol. The molecule has 2 aliphatic rings. The summed E-state index contributed by atoms with van der Waals surface area (Å²) < 4.78 is 0. The van der Waals surface area contributed by atoms with Crippen molar-refractivity contribution in [1.82, 2.24) is 78.9 Å². The van der Waals surface area contributed by atoms with Gasteiger partial charge in [0.25, 0.3) is 0 Å². The molecule has 2 aliphatic heterocycles. The van der Waals surface area contributed by atoms with E-state index in [4.69, 9.17) is 17.2 Å². The number of carbonyl (C=O) groups is 22. The number of carbonyl (C=O) groups excluding carboxylic acids is 17. The van der Waals surface area contributed by atoms with Crippen LogP contribution in [0.4, 0.5) is 0 Å². The van der Waals surface area contributed by atoms with E-state index in [2.05, 4.69) is 69.1 Å². The van der Waals surface area contributed by atoms with Gasteiger partial charge in [0.05, 0.1) is 45.1 Å². The van der Waals surface area contributed by atoms with Crippen LogP contribution in [-0.4, -0.2) is 282 Å². The van der Waals surface area contributed by atoms with Crippen LogP contribution in [0.25, 0.3) is 0 Å². The first-order valence-corrected chi connectivity index (χ1v) is 37.0. The summed E-state index contributed by atoms with van der Waals surface area (Å²) in [5.74, 6) is -25.6. The number of aliphatic carboxylic acids is 5. The minimum Gasteiger partial charge on any atom is -0.508 e. The van der Waals surface area contributed by atoms with Crippen LogP contribution in [0.1, 0.15) is 143 Å². The van der Waals surface area contributed by atoms with Crippen LogP contribution in [0.3, 0.4) is 0 Å². The van der Waals surface area contributed by atoms with Crippen LogP contribution in [-0.2, 0) is 112 Å². The smallest absolute Gasteiger partial charge is 0.326 e. The third-order valence-corrected chi connectivity index (χ3v) is 17.8. The number of carboxylic acid groups (broad SMARTS) is 5. The molecule has 0 aliphatic carbocycles. The van der Waals surface area contributed by atoms with E-state index in [1.807, 2.05) is 0 Å². The summed E-state index contributed by atoms with van der Waals surface area (Å²) in [5, 5.41) is 87.0. The average Bonchev–Trinajstić information content (AvgIpc) is 1.65. The summed E-state index contributed by atoms with van der Waals surface area (Å²) in [6.07, 6.45) is -6.46. The maximum Gasteiger partial charge on any atom is 0.326 e. The van der Waals surface area contributed by atoms with Crippen LogP contribution in [0.15, 0.2) is 24.3 Å². The predicted octanol–water partition coefficient (Wildman–Crippen LogP) is -8.52. The largest absolute Gasteiger partial charge is 0.508 e. The van der Waals surface area contributed by atoms with E-state index in [1.165, 1.54) is 29.2 Å². The van der Waals surface area contributed by atoms with Crippen molar-refractivity contribution in [2.24, 2.45) is 29.0 Å². The van der Waals surface area contributed by atoms with Gasteiger partial charge in [-0.3, -0.25) is 101 Å². The zero-order valence-corrected chi connectivity index (χ0v) is 64.4. The van der Waals surface area contributed by atoms with Gasteiger partial charge in [0.2, 0.25) is 100 Å². The normalized spacial score (nSPS) is 16.2. The second-order valence-corrected chi connectivity index (χ2v) is 28.3. The van der Waals surface area contributed by atoms with Crippen molar-refractivity contribution in [3.8, 4) is 5.75 Å². The molecule has 2 saturated heterocycles. The molecule has 0 spiro atoms. The number of nitrogens with two attached hydrogens (primary N) is 3. The number of primary amides is 2. The molecule has 1 aromatic rings. The van der Waals surface area contributed by atoms with Crippen molar-refractivity contribution in [2.45, 2.75) is 216 Å². The number of nitrogens with one attached hydrogen (secondary N) is 13. The summed E-state index contributed by atoms with van der Waals surface area (Å²) in [7, 11) is 0. The molecule has 46 heteroatoms. The molecule has 0 aromatic heterocycles. The lowest BCUT2D eigenvalue weighted by molar-refractivity contribution is -0.147. The second-order valence-electron chi connectivity index (χ2n) is 28.3. The molecule has 0 saturated carbocycles. The van der Waals surface area contributed by atoms with Crippen molar-refractivity contribution >= 4 is 130 Å². The maximum absolute atomic E-state index is 14.3. The Kier molecular flexibility index (Phi) is 40.7. The Morgan fingerprint density at radius 3 is 1.27 bits per heavy atom. The van der Waals surface area contributed by atoms with Crippen LogP contribution in [0, 0.1) is 11.8 Å². The summed E-state index contributed by atoms with van der Waals surface area (Å²) in [5.41, 5.74) is 16.5. The summed E-state index contributed by atoms with van der Waals surface area (Å²) >= 11 is 0. The number of phenols is 1. The molecule has 2 heterocycles. The standard InChI is InChI=1S/C70H104N18O28/c1-33(2)24-43(84-65(110)40(14-18-49(72)90)82-60(105)38(71)27-50(73)91)61(106)76-30-52(93)79-39(15-19-55(96)97)64(109)78-35(5)59(104)81-41(16-20-56(98)99)66(111)86-45(28-58(102)103)63(108)75-29-51(92)74-32-54(95)87-22-7-9-48(87)69(114)88-23-6-8-47(88)68(113)83-42(17-21-57(100)101)67(112)85-44(25-34(3)4)62(107)77-31-53(94)80-46(70(115)116)26-36-10-12-37(89)13-11-36/h10-13,33-35,38-48,89H,6-9,14-32,71H2,1-5H3,(H2,72,90)(H2,73,91)(H,74,92)(H,75,108)(H,76,106)(H,77,107)(H,78,109)(H,79,93)(H,80,94)(H,81,104)(H,82,105)(H,83,113)(H,84,110)(H,85,112)(H,86,111)(H,96,97)(H,98,99)(H,100,101)(H,102,103)(H,115,116). The van der Waals surface area contributed by atoms with Gasteiger partial charge < -0.3 is 127 Å². The Morgan fingerprint density at radius 2 is 0.810 bits per heavy atom. The molecule has 12 atom stereocenters. The fourth-order valence-electron chi connectivity index (χ4n) is 11.9. The topological polar surface area (TPSA) is 738 Å². The molecular weight excluding hydrogens is 1540 g/mol. The van der Waals surface area contributed by atoms with Crippen LogP contribution in [0.2, 0.25) is 0 Å². The quantitative estimate of drug-likeness (QED) is 0.0288. The first-order valence-electron chi connectivity index (χ1n) is 37.0. The Morgan fingerprint density at radius 1 is 0.405 bits per heavy atom. The Balaban J connectivity index is 1.65. The molecule has 2 fully saturated rings. The summed E-state index contributed by atoms with van der Waals surface area (Å²) in [4.78, 5) is 287. The molecule has 116 heavy (non-hydrogen) atoms. The van der Waals surface area contributed by atoms with Crippen molar-refractivity contribution in [3.63, 3.8) is 0 Å². The van der Waals surface area contributed by atoms with Crippen molar-refractivity contribution in [3.05, 3.63) is 29.8 Å². The molecule has 46 nitrogen and oxygen atoms in total. The van der Waals surface area contributed by atoms with Gasteiger partial charge >= 0.3 is 29.8 Å². The molecule has 25 N–H and O–H groups in total. The van der Waals surface area contributed by atoms with E-state index in [0.29, 0.717) is 5.56 Å². The summed E-state index contributed by atoms with van der Waals surface area (Å²) in [6.45, 7) is 4.27. The molecule has 0 radical (unpaired) electrons. The predicted molar refractivity (Wildman–Crippen MR) is 396 cm³/mol. The fraction of sp³-hybridized carbons (Fsp3) is 0.600. The van der Waals surface area contributed by atoms with E-state index < -0.39 is 287 Å². The number of rotatable bonds is 51.